The van der Waals surface area contributed by atoms with Gasteiger partial charge >= 0.3 is 0 Å². The van der Waals surface area contributed by atoms with Gasteiger partial charge in [-0.15, -0.1) is 0 Å². The van der Waals surface area contributed by atoms with Crippen molar-refractivity contribution in [2.24, 2.45) is 0 Å². The number of benzene rings is 3. The largest absolute Gasteiger partial charge is 0.490 e. The Morgan fingerprint density at radius 1 is 0.900 bits per heavy atom. The molecular weight excluding hydrogens is 508 g/mol. The summed E-state index contributed by atoms with van der Waals surface area (Å²) in [6, 6.07) is 20.4. The van der Waals surface area contributed by atoms with Gasteiger partial charge in [-0.1, -0.05) is 30.3 Å². The summed E-state index contributed by atoms with van der Waals surface area (Å²) in [5.74, 6) is 0.457. The minimum absolute atomic E-state index is 0.0583. The zero-order valence-electron chi connectivity index (χ0n) is 23.4. The second-order valence-corrected chi connectivity index (χ2v) is 9.35. The fourth-order valence-electron chi connectivity index (χ4n) is 4.38. The molecule has 0 spiro atoms. The predicted molar refractivity (Wildman–Crippen MR) is 157 cm³/mol. The summed E-state index contributed by atoms with van der Waals surface area (Å²) in [7, 11) is 3.30. The number of fused-ring (bicyclic) bond motifs is 1. The summed E-state index contributed by atoms with van der Waals surface area (Å²) >= 11 is 0. The molecule has 0 aromatic heterocycles. The maximum atomic E-state index is 13.4. The molecule has 3 amide bonds. The van der Waals surface area contributed by atoms with Crippen LogP contribution in [0.1, 0.15) is 31.9 Å². The van der Waals surface area contributed by atoms with Crippen LogP contribution in [0.15, 0.2) is 66.7 Å². The van der Waals surface area contributed by atoms with Gasteiger partial charge in [0.15, 0.2) is 11.5 Å². The van der Waals surface area contributed by atoms with E-state index >= 15 is 0 Å². The first-order valence-corrected chi connectivity index (χ1v) is 13.1. The lowest BCUT2D eigenvalue weighted by atomic mass is 9.99. The number of carbonyl (C=O) groups is 3. The van der Waals surface area contributed by atoms with Crippen molar-refractivity contribution in [1.82, 2.24) is 4.90 Å². The summed E-state index contributed by atoms with van der Waals surface area (Å²) in [5.41, 5.74) is 4.53. The van der Waals surface area contributed by atoms with Crippen molar-refractivity contribution in [2.45, 2.75) is 20.8 Å². The molecule has 0 atom stereocenters. The molecule has 0 saturated heterocycles. The lowest BCUT2D eigenvalue weighted by Crippen LogP contribution is -2.39. The maximum Gasteiger partial charge on any atom is 0.258 e. The van der Waals surface area contributed by atoms with E-state index in [1.165, 1.54) is 16.7 Å². The van der Waals surface area contributed by atoms with Crippen molar-refractivity contribution in [1.29, 1.82) is 0 Å². The van der Waals surface area contributed by atoms with Crippen LogP contribution in [0.5, 0.6) is 11.5 Å². The van der Waals surface area contributed by atoms with Crippen LogP contribution >= 0.6 is 0 Å². The molecule has 0 bridgehead atoms. The fourth-order valence-corrected chi connectivity index (χ4v) is 4.38. The first-order chi connectivity index (χ1) is 19.2. The smallest absolute Gasteiger partial charge is 0.258 e. The molecule has 4 rings (SSSR count). The summed E-state index contributed by atoms with van der Waals surface area (Å²) in [6.07, 6.45) is 0. The Kier molecular flexibility index (Phi) is 8.73. The molecule has 1 heterocycles. The van der Waals surface area contributed by atoms with Crippen LogP contribution in [0.25, 0.3) is 11.3 Å². The number of nitrogens with zero attached hydrogens (tertiary/aromatic N) is 2. The first-order valence-electron chi connectivity index (χ1n) is 13.1. The van der Waals surface area contributed by atoms with Crippen molar-refractivity contribution in [2.75, 3.05) is 49.4 Å². The third-order valence-corrected chi connectivity index (χ3v) is 6.36. The lowest BCUT2D eigenvalue weighted by Gasteiger charge is -2.23. The van der Waals surface area contributed by atoms with Gasteiger partial charge in [0.1, 0.15) is 6.54 Å². The third-order valence-electron chi connectivity index (χ3n) is 6.36. The van der Waals surface area contributed by atoms with Crippen LogP contribution in [-0.4, -0.2) is 56.5 Å². The van der Waals surface area contributed by atoms with Gasteiger partial charge in [0.2, 0.25) is 11.8 Å². The molecule has 0 saturated carbocycles. The predicted octanol–water partition coefficient (Wildman–Crippen LogP) is 4.86. The van der Waals surface area contributed by atoms with Gasteiger partial charge < -0.3 is 29.9 Å². The van der Waals surface area contributed by atoms with E-state index in [1.54, 1.807) is 32.3 Å². The van der Waals surface area contributed by atoms with Crippen LogP contribution < -0.4 is 25.0 Å². The molecule has 1 aliphatic heterocycles. The molecule has 3 aromatic carbocycles. The second-order valence-electron chi connectivity index (χ2n) is 9.35. The van der Waals surface area contributed by atoms with Crippen molar-refractivity contribution in [3.8, 4) is 11.5 Å². The van der Waals surface area contributed by atoms with Gasteiger partial charge in [0, 0.05) is 44.0 Å². The Morgan fingerprint density at radius 2 is 1.52 bits per heavy atom. The SMILES string of the molecule is CCOc1cc2c(cc1OCC)/C(=C(/Nc1ccc(N(CC(=O)N(C)C)C(C)=O)cc1)c1ccccc1)C(=O)N2. The molecule has 0 fully saturated rings. The minimum Gasteiger partial charge on any atom is -0.490 e. The minimum atomic E-state index is -0.251. The van der Waals surface area contributed by atoms with E-state index < -0.39 is 0 Å². The fraction of sp³-hybridized carbons (Fsp3) is 0.258. The van der Waals surface area contributed by atoms with Crippen LogP contribution in [0.2, 0.25) is 0 Å². The van der Waals surface area contributed by atoms with E-state index in [0.29, 0.717) is 58.6 Å². The molecule has 0 unspecified atom stereocenters. The van der Waals surface area contributed by atoms with Gasteiger partial charge in [-0.3, -0.25) is 14.4 Å². The van der Waals surface area contributed by atoms with E-state index in [0.717, 1.165) is 5.56 Å². The van der Waals surface area contributed by atoms with Crippen molar-refractivity contribution < 1.29 is 23.9 Å². The van der Waals surface area contributed by atoms with Crippen LogP contribution in [-0.2, 0) is 14.4 Å². The number of carbonyl (C=O) groups excluding carboxylic acids is 3. The monoisotopic (exact) mass is 542 g/mol. The Bertz CT molecular complexity index is 1430. The molecule has 9 nitrogen and oxygen atoms in total. The highest BCUT2D eigenvalue weighted by atomic mass is 16.5. The molecule has 0 aliphatic carbocycles. The third kappa shape index (κ3) is 6.09. The standard InChI is InChI=1S/C31H34N4O5/c1-6-39-26-17-24-25(18-27(26)40-7-2)33-31(38)29(24)30(21-11-9-8-10-12-21)32-22-13-15-23(16-14-22)35(20(3)36)19-28(37)34(4)5/h8-18,32H,6-7,19H2,1-5H3,(H,33,38)/b30-29-. The van der Waals surface area contributed by atoms with Crippen LogP contribution in [0.3, 0.4) is 0 Å². The summed E-state index contributed by atoms with van der Waals surface area (Å²) in [5, 5.41) is 6.39. The average Bonchev–Trinajstić information content (AvgIpc) is 3.25. The van der Waals surface area contributed by atoms with Crippen LogP contribution in [0.4, 0.5) is 17.1 Å². The highest BCUT2D eigenvalue weighted by Crippen LogP contribution is 2.43. The van der Waals surface area contributed by atoms with E-state index in [2.05, 4.69) is 10.6 Å². The van der Waals surface area contributed by atoms with Crippen molar-refractivity contribution in [3.05, 3.63) is 77.9 Å². The molecule has 0 radical (unpaired) electrons. The second kappa shape index (κ2) is 12.4. The number of nitrogens with one attached hydrogen (secondary N) is 2. The normalized spacial score (nSPS) is 13.2. The number of anilines is 3. The number of hydrogen-bond acceptors (Lipinski definition) is 6. The molecular formula is C31H34N4O5. The van der Waals surface area contributed by atoms with E-state index in [9.17, 15) is 14.4 Å². The topological polar surface area (TPSA) is 100 Å². The maximum absolute atomic E-state index is 13.4. The molecule has 208 valence electrons. The van der Waals surface area contributed by atoms with E-state index in [-0.39, 0.29) is 24.3 Å². The van der Waals surface area contributed by atoms with Gasteiger partial charge in [0.05, 0.1) is 30.2 Å². The van der Waals surface area contributed by atoms with E-state index in [1.807, 2.05) is 62.4 Å². The van der Waals surface area contributed by atoms with Crippen molar-refractivity contribution >= 4 is 46.1 Å². The highest BCUT2D eigenvalue weighted by molar-refractivity contribution is 6.37. The number of hydrogen-bond donors (Lipinski definition) is 2. The zero-order chi connectivity index (χ0) is 28.8. The van der Waals surface area contributed by atoms with Crippen molar-refractivity contribution in [3.63, 3.8) is 0 Å². The molecule has 40 heavy (non-hydrogen) atoms. The number of amides is 3. The molecule has 3 aromatic rings. The summed E-state index contributed by atoms with van der Waals surface area (Å²) in [6.45, 7) is 6.08. The Hall–Kier alpha value is -4.79. The van der Waals surface area contributed by atoms with Gasteiger partial charge in [-0.2, -0.15) is 0 Å². The van der Waals surface area contributed by atoms with Crippen LogP contribution in [0, 0.1) is 0 Å². The van der Waals surface area contributed by atoms with Gasteiger partial charge in [-0.05, 0) is 49.7 Å². The first kappa shape index (κ1) is 28.2. The number of ether oxygens (including phenoxy) is 2. The van der Waals surface area contributed by atoms with E-state index in [4.69, 9.17) is 9.47 Å². The summed E-state index contributed by atoms with van der Waals surface area (Å²) in [4.78, 5) is 40.8. The number of likely N-dealkylation sites (N-methyl/N-ethyl adjacent to an activating group) is 1. The zero-order valence-corrected chi connectivity index (χ0v) is 23.4. The van der Waals surface area contributed by atoms with Gasteiger partial charge in [-0.25, -0.2) is 0 Å². The Morgan fingerprint density at radius 3 is 2.10 bits per heavy atom. The average molecular weight is 543 g/mol. The highest BCUT2D eigenvalue weighted by Gasteiger charge is 2.30. The Labute approximate surface area is 234 Å². The Balaban J connectivity index is 1.76. The molecule has 2 N–H and O–H groups in total. The molecule has 1 aliphatic rings. The lowest BCUT2D eigenvalue weighted by molar-refractivity contribution is -0.129. The van der Waals surface area contributed by atoms with Gasteiger partial charge in [0.25, 0.3) is 5.91 Å². The molecule has 9 heteroatoms. The number of rotatable bonds is 10. The quantitative estimate of drug-likeness (QED) is 0.355. The summed E-state index contributed by atoms with van der Waals surface area (Å²) < 4.78 is 11.6.